The number of fused-ring (bicyclic) bond motifs is 2. The van der Waals surface area contributed by atoms with Crippen LogP contribution >= 0.6 is 11.8 Å². The van der Waals surface area contributed by atoms with Crippen LogP contribution in [0.3, 0.4) is 0 Å². The topological polar surface area (TPSA) is 43.7 Å². The van der Waals surface area contributed by atoms with Crippen LogP contribution in [0.1, 0.15) is 36.1 Å². The molecule has 0 amide bonds. The maximum atomic E-state index is 10.5. The van der Waals surface area contributed by atoms with Gasteiger partial charge in [-0.15, -0.1) is 11.8 Å². The van der Waals surface area contributed by atoms with Gasteiger partial charge in [0.05, 0.1) is 0 Å². The molecule has 0 unspecified atom stereocenters. The van der Waals surface area contributed by atoms with E-state index in [9.17, 15) is 10.2 Å². The maximum absolute atomic E-state index is 10.5. The SMILES string of the molecule is CCCSc1cc2c3c(c1)-c1c(ccc(O)c1O)C[C@H]3N(C)CC2. The Labute approximate surface area is 147 Å². The van der Waals surface area contributed by atoms with Crippen molar-refractivity contribution in [3.8, 4) is 22.6 Å². The number of phenolic OH excluding ortho intramolecular Hbond substituents is 2. The third kappa shape index (κ3) is 2.40. The van der Waals surface area contributed by atoms with Crippen LogP contribution in [0, 0.1) is 0 Å². The summed E-state index contributed by atoms with van der Waals surface area (Å²) in [6.45, 7) is 3.26. The van der Waals surface area contributed by atoms with Crippen molar-refractivity contribution in [1.29, 1.82) is 0 Å². The molecule has 2 aromatic rings. The van der Waals surface area contributed by atoms with Gasteiger partial charge in [0.25, 0.3) is 0 Å². The van der Waals surface area contributed by atoms with Gasteiger partial charge in [-0.2, -0.15) is 0 Å². The lowest BCUT2D eigenvalue weighted by Crippen LogP contribution is -2.35. The van der Waals surface area contributed by atoms with Crippen LogP contribution in [0.4, 0.5) is 0 Å². The highest BCUT2D eigenvalue weighted by molar-refractivity contribution is 7.99. The molecule has 24 heavy (non-hydrogen) atoms. The summed E-state index contributed by atoms with van der Waals surface area (Å²) >= 11 is 1.88. The fraction of sp³-hybridized carbons (Fsp3) is 0.400. The van der Waals surface area contributed by atoms with Crippen molar-refractivity contribution >= 4 is 11.8 Å². The number of nitrogens with zero attached hydrogens (tertiary/aromatic N) is 1. The maximum Gasteiger partial charge on any atom is 0.165 e. The fourth-order valence-electron chi connectivity index (χ4n) is 4.03. The van der Waals surface area contributed by atoms with Crippen molar-refractivity contribution in [3.05, 3.63) is 41.0 Å². The average molecular weight is 341 g/mol. The summed E-state index contributed by atoms with van der Waals surface area (Å²) in [5, 5.41) is 20.5. The molecule has 2 aromatic carbocycles. The second-order valence-corrected chi connectivity index (χ2v) is 7.98. The minimum atomic E-state index is -0.0308. The number of benzene rings is 2. The lowest BCUT2D eigenvalue weighted by Gasteiger charge is -2.40. The smallest absolute Gasteiger partial charge is 0.165 e. The van der Waals surface area contributed by atoms with E-state index in [1.165, 1.54) is 16.0 Å². The van der Waals surface area contributed by atoms with E-state index >= 15 is 0 Å². The third-order valence-corrected chi connectivity index (χ3v) is 6.42. The average Bonchev–Trinajstić information content (AvgIpc) is 2.59. The predicted molar refractivity (Wildman–Crippen MR) is 99.0 cm³/mol. The first-order chi connectivity index (χ1) is 11.6. The van der Waals surface area contributed by atoms with Crippen LogP contribution in [0.2, 0.25) is 0 Å². The van der Waals surface area contributed by atoms with Gasteiger partial charge in [0.2, 0.25) is 0 Å². The number of hydrogen-bond donors (Lipinski definition) is 2. The van der Waals surface area contributed by atoms with E-state index in [-0.39, 0.29) is 11.5 Å². The van der Waals surface area contributed by atoms with E-state index in [0.29, 0.717) is 6.04 Å². The predicted octanol–water partition coefficient (Wildman–Crippen LogP) is 4.35. The highest BCUT2D eigenvalue weighted by Crippen LogP contribution is 2.51. The van der Waals surface area contributed by atoms with E-state index in [1.807, 2.05) is 17.8 Å². The van der Waals surface area contributed by atoms with Crippen LogP contribution in [0.15, 0.2) is 29.2 Å². The van der Waals surface area contributed by atoms with Crippen molar-refractivity contribution in [2.75, 3.05) is 19.3 Å². The molecule has 4 rings (SSSR count). The molecule has 0 spiro atoms. The molecule has 1 heterocycles. The zero-order chi connectivity index (χ0) is 16.8. The molecule has 2 aliphatic rings. The number of likely N-dealkylation sites (N-methyl/N-ethyl adjacent to an activating group) is 1. The van der Waals surface area contributed by atoms with Gasteiger partial charge >= 0.3 is 0 Å². The molecule has 4 heteroatoms. The van der Waals surface area contributed by atoms with Crippen molar-refractivity contribution in [3.63, 3.8) is 0 Å². The minimum absolute atomic E-state index is 0.0269. The van der Waals surface area contributed by atoms with Crippen molar-refractivity contribution < 1.29 is 10.2 Å². The van der Waals surface area contributed by atoms with Crippen LogP contribution in [-0.2, 0) is 12.8 Å². The monoisotopic (exact) mass is 341 g/mol. The Morgan fingerprint density at radius 2 is 2.04 bits per heavy atom. The molecule has 0 radical (unpaired) electrons. The summed E-state index contributed by atoms with van der Waals surface area (Å²) in [4.78, 5) is 3.68. The Morgan fingerprint density at radius 3 is 2.83 bits per heavy atom. The first kappa shape index (κ1) is 15.9. The van der Waals surface area contributed by atoms with E-state index in [4.69, 9.17) is 0 Å². The Hall–Kier alpha value is -1.65. The molecule has 2 N–H and O–H groups in total. The highest BCUT2D eigenvalue weighted by Gasteiger charge is 2.34. The molecule has 126 valence electrons. The van der Waals surface area contributed by atoms with E-state index in [1.54, 1.807) is 6.07 Å². The summed E-state index contributed by atoms with van der Waals surface area (Å²) in [7, 11) is 2.18. The molecule has 0 bridgehead atoms. The van der Waals surface area contributed by atoms with Gasteiger partial charge in [-0.25, -0.2) is 0 Å². The third-order valence-electron chi connectivity index (χ3n) is 5.24. The number of rotatable bonds is 3. The second kappa shape index (κ2) is 6.01. The molecule has 1 aliphatic carbocycles. The van der Waals surface area contributed by atoms with Crippen molar-refractivity contribution in [1.82, 2.24) is 4.90 Å². The molecule has 1 aliphatic heterocycles. The van der Waals surface area contributed by atoms with E-state index in [0.717, 1.165) is 48.3 Å². The zero-order valence-electron chi connectivity index (χ0n) is 14.2. The molecular weight excluding hydrogens is 318 g/mol. The second-order valence-electron chi connectivity index (χ2n) is 6.81. The van der Waals surface area contributed by atoms with Crippen molar-refractivity contribution in [2.45, 2.75) is 37.1 Å². The number of aromatic hydroxyl groups is 2. The Bertz CT molecular complexity index is 803. The summed E-state index contributed by atoms with van der Waals surface area (Å²) in [5.74, 6) is 1.09. The summed E-state index contributed by atoms with van der Waals surface area (Å²) in [6.07, 6.45) is 3.08. The standard InChI is InChI=1S/C20H23NO2S/c1-3-8-24-14-9-13-6-7-21(2)16-10-12-4-5-17(22)20(23)19(12)15(11-14)18(13)16/h4-5,9,11,16,22-23H,3,6-8,10H2,1-2H3/t16-/m1/s1. The van der Waals surface area contributed by atoms with Gasteiger partial charge in [-0.3, -0.25) is 4.90 Å². The van der Waals surface area contributed by atoms with Crippen LogP contribution < -0.4 is 0 Å². The lowest BCUT2D eigenvalue weighted by atomic mass is 9.77. The van der Waals surface area contributed by atoms with Gasteiger partial charge in [-0.05, 0) is 72.5 Å². The molecule has 3 nitrogen and oxygen atoms in total. The summed E-state index contributed by atoms with van der Waals surface area (Å²) < 4.78 is 0. The molecule has 1 atom stereocenters. The number of hydrogen-bond acceptors (Lipinski definition) is 4. The Balaban J connectivity index is 1.95. The summed E-state index contributed by atoms with van der Waals surface area (Å²) in [5.41, 5.74) is 5.81. The first-order valence-corrected chi connectivity index (χ1v) is 9.62. The van der Waals surface area contributed by atoms with Crippen LogP contribution in [0.25, 0.3) is 11.1 Å². The van der Waals surface area contributed by atoms with Gasteiger partial charge in [-0.1, -0.05) is 13.0 Å². The first-order valence-electron chi connectivity index (χ1n) is 8.64. The van der Waals surface area contributed by atoms with Gasteiger partial charge in [0.15, 0.2) is 11.5 Å². The lowest BCUT2D eigenvalue weighted by molar-refractivity contribution is 0.227. The minimum Gasteiger partial charge on any atom is -0.504 e. The fourth-order valence-corrected chi connectivity index (χ4v) is 4.89. The number of phenols is 2. The molecule has 0 aromatic heterocycles. The van der Waals surface area contributed by atoms with Gasteiger partial charge in [0, 0.05) is 23.0 Å². The van der Waals surface area contributed by atoms with Crippen LogP contribution in [-0.4, -0.2) is 34.5 Å². The Morgan fingerprint density at radius 1 is 1.21 bits per heavy atom. The normalized spacial score (nSPS) is 19.0. The van der Waals surface area contributed by atoms with E-state index in [2.05, 4.69) is 31.0 Å². The molecule has 0 saturated heterocycles. The molecular formula is C20H23NO2S. The molecule has 0 fully saturated rings. The quantitative estimate of drug-likeness (QED) is 0.643. The van der Waals surface area contributed by atoms with Gasteiger partial charge < -0.3 is 10.2 Å². The highest BCUT2D eigenvalue weighted by atomic mass is 32.2. The number of thioether (sulfide) groups is 1. The molecule has 0 saturated carbocycles. The Kier molecular flexibility index (Phi) is 3.97. The zero-order valence-corrected chi connectivity index (χ0v) is 15.0. The summed E-state index contributed by atoms with van der Waals surface area (Å²) in [6, 6.07) is 8.48. The van der Waals surface area contributed by atoms with E-state index < -0.39 is 0 Å². The van der Waals surface area contributed by atoms with Gasteiger partial charge in [0.1, 0.15) is 0 Å². The van der Waals surface area contributed by atoms with Crippen molar-refractivity contribution in [2.24, 2.45) is 0 Å². The largest absolute Gasteiger partial charge is 0.504 e. The van der Waals surface area contributed by atoms with Crippen LogP contribution in [0.5, 0.6) is 11.5 Å².